The summed E-state index contributed by atoms with van der Waals surface area (Å²) in [5.74, 6) is 1.09. The van der Waals surface area contributed by atoms with Crippen LogP contribution >= 0.6 is 11.6 Å². The topological polar surface area (TPSA) is 61.0 Å². The van der Waals surface area contributed by atoms with Crippen LogP contribution in [0.5, 0.6) is 0 Å². The molecule has 1 saturated heterocycles. The van der Waals surface area contributed by atoms with Gasteiger partial charge in [-0.3, -0.25) is 9.69 Å². The second kappa shape index (κ2) is 7.09. The van der Waals surface area contributed by atoms with Crippen LogP contribution in [0.2, 0.25) is 5.15 Å². The number of imidazole rings is 1. The number of aromatic amines is 1. The van der Waals surface area contributed by atoms with Gasteiger partial charge in [0.1, 0.15) is 5.82 Å². The van der Waals surface area contributed by atoms with E-state index in [1.165, 1.54) is 0 Å². The van der Waals surface area contributed by atoms with Gasteiger partial charge >= 0.3 is 0 Å². The molecule has 1 amide bonds. The fraction of sp³-hybridized carbons (Fsp3) is 0.714. The van der Waals surface area contributed by atoms with Crippen molar-refractivity contribution >= 4 is 17.5 Å². The Balaban J connectivity index is 2.01. The summed E-state index contributed by atoms with van der Waals surface area (Å²) >= 11 is 6.21. The number of nitrogens with zero attached hydrogens (tertiary/aromatic N) is 2. The second-order valence-corrected chi connectivity index (χ2v) is 5.79. The van der Waals surface area contributed by atoms with Crippen LogP contribution in [0.15, 0.2) is 0 Å². The highest BCUT2D eigenvalue weighted by atomic mass is 35.5. The lowest BCUT2D eigenvalue weighted by Crippen LogP contribution is -2.37. The highest BCUT2D eigenvalue weighted by Crippen LogP contribution is 2.18. The number of carbonyl (C=O) groups excluding carboxylic acids is 1. The molecule has 20 heavy (non-hydrogen) atoms. The molecule has 0 aromatic carbocycles. The first-order chi connectivity index (χ1) is 9.60. The minimum Gasteiger partial charge on any atom is -0.355 e. The molecule has 0 saturated carbocycles. The molecule has 1 aliphatic heterocycles. The maximum Gasteiger partial charge on any atom is 0.221 e. The predicted molar refractivity (Wildman–Crippen MR) is 79.7 cm³/mol. The number of H-pyrrole nitrogens is 1. The Hall–Kier alpha value is -1.07. The molecule has 0 bridgehead atoms. The monoisotopic (exact) mass is 298 g/mol. The molecule has 1 aromatic heterocycles. The maximum atomic E-state index is 11.4. The van der Waals surface area contributed by atoms with E-state index in [-0.39, 0.29) is 5.91 Å². The van der Waals surface area contributed by atoms with Crippen molar-refractivity contribution in [1.29, 1.82) is 0 Å². The van der Waals surface area contributed by atoms with E-state index in [2.05, 4.69) is 34.0 Å². The fourth-order valence-corrected chi connectivity index (χ4v) is 2.60. The fourth-order valence-electron chi connectivity index (χ4n) is 2.39. The zero-order valence-electron chi connectivity index (χ0n) is 12.2. The standard InChI is InChI=1S/C14H23ClN4O/c1-3-4-5-12-17-11(14(15)18-12)9-19-7-6-13(20)16-8-10(19)2/h10H,3-9H2,1-2H3,(H,16,20)(H,17,18)/t10-/m1/s1. The van der Waals surface area contributed by atoms with E-state index >= 15 is 0 Å². The summed E-state index contributed by atoms with van der Waals surface area (Å²) in [6.45, 7) is 6.44. The minimum atomic E-state index is 0.124. The molecular weight excluding hydrogens is 276 g/mol. The van der Waals surface area contributed by atoms with Crippen LogP contribution in [0.4, 0.5) is 0 Å². The first kappa shape index (κ1) is 15.3. The first-order valence-electron chi connectivity index (χ1n) is 7.34. The lowest BCUT2D eigenvalue weighted by molar-refractivity contribution is -0.120. The number of amides is 1. The van der Waals surface area contributed by atoms with Gasteiger partial charge in [0, 0.05) is 38.5 Å². The van der Waals surface area contributed by atoms with Crippen LogP contribution in [0.1, 0.15) is 44.6 Å². The minimum absolute atomic E-state index is 0.124. The zero-order valence-corrected chi connectivity index (χ0v) is 13.0. The smallest absolute Gasteiger partial charge is 0.221 e. The molecule has 1 atom stereocenters. The Morgan fingerprint density at radius 3 is 3.05 bits per heavy atom. The van der Waals surface area contributed by atoms with Gasteiger partial charge < -0.3 is 10.3 Å². The Morgan fingerprint density at radius 2 is 2.30 bits per heavy atom. The summed E-state index contributed by atoms with van der Waals surface area (Å²) in [7, 11) is 0. The van der Waals surface area contributed by atoms with Gasteiger partial charge in [-0.1, -0.05) is 24.9 Å². The van der Waals surface area contributed by atoms with Gasteiger partial charge in [-0.15, -0.1) is 0 Å². The number of aromatic nitrogens is 2. The summed E-state index contributed by atoms with van der Waals surface area (Å²) < 4.78 is 0. The van der Waals surface area contributed by atoms with Gasteiger partial charge in [-0.05, 0) is 13.3 Å². The molecule has 2 heterocycles. The number of unbranched alkanes of at least 4 members (excludes halogenated alkanes) is 1. The maximum absolute atomic E-state index is 11.4. The van der Waals surface area contributed by atoms with E-state index in [1.807, 2.05) is 0 Å². The molecule has 6 heteroatoms. The molecular formula is C14H23ClN4O. The number of aryl methyl sites for hydroxylation is 1. The van der Waals surface area contributed by atoms with Crippen LogP contribution in [0.25, 0.3) is 0 Å². The summed E-state index contributed by atoms with van der Waals surface area (Å²) in [5, 5.41) is 3.48. The highest BCUT2D eigenvalue weighted by Gasteiger charge is 2.22. The van der Waals surface area contributed by atoms with Crippen molar-refractivity contribution in [3.63, 3.8) is 0 Å². The normalized spacial score (nSPS) is 20.8. The molecule has 1 aliphatic rings. The van der Waals surface area contributed by atoms with Crippen LogP contribution in [0, 0.1) is 0 Å². The largest absolute Gasteiger partial charge is 0.355 e. The van der Waals surface area contributed by atoms with Crippen molar-refractivity contribution in [2.45, 2.75) is 52.1 Å². The molecule has 112 valence electrons. The van der Waals surface area contributed by atoms with Crippen LogP contribution in [-0.2, 0) is 17.8 Å². The van der Waals surface area contributed by atoms with Gasteiger partial charge in [0.15, 0.2) is 5.15 Å². The third-order valence-electron chi connectivity index (χ3n) is 3.75. The number of hydrogen-bond acceptors (Lipinski definition) is 3. The highest BCUT2D eigenvalue weighted by molar-refractivity contribution is 6.30. The van der Waals surface area contributed by atoms with Crippen LogP contribution in [-0.4, -0.2) is 39.9 Å². The first-order valence-corrected chi connectivity index (χ1v) is 7.72. The van der Waals surface area contributed by atoms with Crippen LogP contribution < -0.4 is 5.32 Å². The Morgan fingerprint density at radius 1 is 1.50 bits per heavy atom. The van der Waals surface area contributed by atoms with Gasteiger partial charge in [-0.2, -0.15) is 0 Å². The van der Waals surface area contributed by atoms with E-state index in [9.17, 15) is 4.79 Å². The van der Waals surface area contributed by atoms with Crippen molar-refractivity contribution in [2.75, 3.05) is 13.1 Å². The lowest BCUT2D eigenvalue weighted by Gasteiger charge is -2.25. The summed E-state index contributed by atoms with van der Waals surface area (Å²) in [6, 6.07) is 0.305. The average molecular weight is 299 g/mol. The number of halogens is 1. The number of carbonyl (C=O) groups is 1. The summed E-state index contributed by atoms with van der Waals surface area (Å²) in [4.78, 5) is 21.4. The number of hydrogen-bond donors (Lipinski definition) is 2. The van der Waals surface area contributed by atoms with Crippen molar-refractivity contribution < 1.29 is 4.79 Å². The SMILES string of the molecule is CCCCc1nc(Cl)c(CN2CCC(=O)NC[C@H]2C)[nH]1. The summed E-state index contributed by atoms with van der Waals surface area (Å²) in [5.41, 5.74) is 0.957. The zero-order chi connectivity index (χ0) is 14.5. The van der Waals surface area contributed by atoms with Crippen molar-refractivity contribution in [3.8, 4) is 0 Å². The van der Waals surface area contributed by atoms with Crippen molar-refractivity contribution in [3.05, 3.63) is 16.7 Å². The molecule has 2 N–H and O–H groups in total. The molecule has 0 unspecified atom stereocenters. The number of nitrogens with one attached hydrogen (secondary N) is 2. The van der Waals surface area contributed by atoms with E-state index in [0.29, 0.717) is 30.7 Å². The molecule has 0 spiro atoms. The van der Waals surface area contributed by atoms with Gasteiger partial charge in [0.2, 0.25) is 5.91 Å². The predicted octanol–water partition coefficient (Wildman–Crippen LogP) is 2.12. The van der Waals surface area contributed by atoms with Crippen molar-refractivity contribution in [2.24, 2.45) is 0 Å². The molecule has 1 aromatic rings. The van der Waals surface area contributed by atoms with E-state index in [4.69, 9.17) is 11.6 Å². The number of rotatable bonds is 5. The summed E-state index contributed by atoms with van der Waals surface area (Å²) in [6.07, 6.45) is 3.73. The Bertz CT molecular complexity index is 460. The quantitative estimate of drug-likeness (QED) is 0.875. The van der Waals surface area contributed by atoms with Crippen LogP contribution in [0.3, 0.4) is 0 Å². The van der Waals surface area contributed by atoms with E-state index in [0.717, 1.165) is 37.3 Å². The molecule has 0 radical (unpaired) electrons. The van der Waals surface area contributed by atoms with E-state index in [1.54, 1.807) is 0 Å². The van der Waals surface area contributed by atoms with Gasteiger partial charge in [-0.25, -0.2) is 4.98 Å². The lowest BCUT2D eigenvalue weighted by atomic mass is 10.2. The van der Waals surface area contributed by atoms with E-state index < -0.39 is 0 Å². The Labute approximate surface area is 125 Å². The second-order valence-electron chi connectivity index (χ2n) is 5.43. The van der Waals surface area contributed by atoms with Crippen molar-refractivity contribution in [1.82, 2.24) is 20.2 Å². The third kappa shape index (κ3) is 3.96. The average Bonchev–Trinajstić information content (AvgIpc) is 2.69. The molecule has 1 fully saturated rings. The molecule has 5 nitrogen and oxygen atoms in total. The third-order valence-corrected chi connectivity index (χ3v) is 4.06. The molecule has 2 rings (SSSR count). The van der Waals surface area contributed by atoms with Gasteiger partial charge in [0.05, 0.1) is 5.69 Å². The van der Waals surface area contributed by atoms with Gasteiger partial charge in [0.25, 0.3) is 0 Å². The Kier molecular flexibility index (Phi) is 5.43. The molecule has 0 aliphatic carbocycles.